The van der Waals surface area contributed by atoms with Crippen molar-refractivity contribution in [2.24, 2.45) is 0 Å². The summed E-state index contributed by atoms with van der Waals surface area (Å²) in [4.78, 5) is 108. The Labute approximate surface area is 800 Å². The largest absolute Gasteiger partial charge is 0.497 e. The maximum absolute atomic E-state index is 13.7. The number of aromatic carboxylic acids is 2. The van der Waals surface area contributed by atoms with Gasteiger partial charge >= 0.3 is 11.9 Å². The van der Waals surface area contributed by atoms with E-state index in [1.165, 1.54) is 46.3 Å². The number of aromatic nitrogens is 4. The summed E-state index contributed by atoms with van der Waals surface area (Å²) in [6.07, 6.45) is -1.06. The molecule has 8 heterocycles. The van der Waals surface area contributed by atoms with Gasteiger partial charge in [-0.05, 0) is 211 Å². The number of benzene rings is 11. The number of amides is 4. The number of fused-ring (bicyclic) bond motifs is 8. The molecule has 4 aliphatic heterocycles. The number of carboxylic acid groups (broad SMARTS) is 2. The van der Waals surface area contributed by atoms with Gasteiger partial charge in [-0.3, -0.25) is 38.8 Å². The molecule has 34 heteroatoms. The number of carbonyl (C=O) groups excluding carboxylic acids is 4. The molecule has 2 unspecified atom stereocenters. The molecule has 32 nitrogen and oxygen atoms in total. The van der Waals surface area contributed by atoms with Crippen LogP contribution in [-0.2, 0) is 38.2 Å². The van der Waals surface area contributed by atoms with Gasteiger partial charge in [0, 0.05) is 49.0 Å². The first-order chi connectivity index (χ1) is 66.9. The molecule has 4 aromatic heterocycles. The number of sulfonamides is 1. The molecule has 0 radical (unpaired) electrons. The van der Waals surface area contributed by atoms with Crippen LogP contribution in [0, 0.1) is 13.8 Å². The standard InChI is InChI=1S/C27H24N2O6S.C27H23NO7.C27H21NO6.C24H25N3O6S/c1-27(2,3)16-5-8-18(9-6-16)36-29-26(32)23(15-4-11-21-22(12-15)34-14-33-21)35-17-7-10-19-20(13-17)25(31)28-24(19)30;1-3-33-18-9-10-20-19(13-18)24(16-8-11-22-23(12-16)35-15-34-22)25(27(30)31)26(29)28(20)14-17-6-4-5-7-21(17)32-2;1-31-18-13-11-16(12-14-18)22-23(27(29)30)26(33-15-17-7-3-5-9-20(17)32-2)28-24-19-8-4-6-10-21(19)34-25(22)24;1-14(2)17-5-8-19(9-6-17)34(30,31)26-23(28)22(27-24(29)15(3)11-16(4)25-27)18-7-10-20-21(12-18)33-13-32-20/h4-13,23H,14H2,1-3H3,(H,29,32)(H,28,30,31);4-13H,3,14-15H2,1-2H3,(H,30,31);3-14H,15H2,1-2H3,(H,29,30);5-12,14,22H,13H2,1-4H3,(H,26,28). The van der Waals surface area contributed by atoms with Crippen LogP contribution in [0.3, 0.4) is 0 Å². The maximum atomic E-state index is 13.7. The van der Waals surface area contributed by atoms with E-state index in [4.69, 9.17) is 61.3 Å². The lowest BCUT2D eigenvalue weighted by Gasteiger charge is -2.20. The van der Waals surface area contributed by atoms with Crippen molar-refractivity contribution in [3.63, 3.8) is 0 Å². The Morgan fingerprint density at radius 3 is 1.76 bits per heavy atom. The third-order valence-corrected chi connectivity index (χ3v) is 25.2. The molecule has 0 fully saturated rings. The van der Waals surface area contributed by atoms with Crippen molar-refractivity contribution < 1.29 is 109 Å². The summed E-state index contributed by atoms with van der Waals surface area (Å²) in [6.45, 7) is 16.4. The van der Waals surface area contributed by atoms with Gasteiger partial charge in [0.2, 0.25) is 32.4 Å². The Bertz CT molecular complexity index is 7560. The summed E-state index contributed by atoms with van der Waals surface area (Å²) in [5.41, 5.74) is 8.35. The fourth-order valence-electron chi connectivity index (χ4n) is 16.0. The van der Waals surface area contributed by atoms with Gasteiger partial charge in [-0.2, -0.15) is 5.10 Å². The second kappa shape index (κ2) is 40.9. The quantitative estimate of drug-likeness (QED) is 0.0248. The average Bonchev–Trinajstić information content (AvgIpc) is 1.66. The van der Waals surface area contributed by atoms with Gasteiger partial charge in [0.15, 0.2) is 46.1 Å². The van der Waals surface area contributed by atoms with E-state index < -0.39 is 68.9 Å². The third kappa shape index (κ3) is 20.7. The summed E-state index contributed by atoms with van der Waals surface area (Å²) in [5, 5.41) is 28.3. The molecule has 15 aromatic rings. The van der Waals surface area contributed by atoms with Gasteiger partial charge in [-0.25, -0.2) is 32.4 Å². The number of carboxylic acids is 2. The average molecular weight is 1920 g/mol. The molecular formula is C105H93N7O25S2. The Morgan fingerprint density at radius 1 is 0.547 bits per heavy atom. The summed E-state index contributed by atoms with van der Waals surface area (Å²) < 4.78 is 106. The van der Waals surface area contributed by atoms with Crippen molar-refractivity contribution in [2.45, 2.75) is 102 Å². The van der Waals surface area contributed by atoms with Gasteiger partial charge in [0.1, 0.15) is 57.6 Å². The van der Waals surface area contributed by atoms with Crippen LogP contribution in [0.4, 0.5) is 0 Å². The van der Waals surface area contributed by atoms with Gasteiger partial charge in [0.05, 0.1) is 61.7 Å². The highest BCUT2D eigenvalue weighted by Gasteiger charge is 2.36. The van der Waals surface area contributed by atoms with Crippen LogP contribution in [0.25, 0.3) is 55.2 Å². The van der Waals surface area contributed by atoms with E-state index in [0.717, 1.165) is 31.7 Å². The molecule has 11 aromatic carbocycles. The van der Waals surface area contributed by atoms with Crippen molar-refractivity contribution in [3.8, 4) is 91.4 Å². The summed E-state index contributed by atoms with van der Waals surface area (Å²) in [6, 6.07) is 68.6. The Balaban J connectivity index is 0.000000134. The number of ether oxygens (including phenoxy) is 12. The van der Waals surface area contributed by atoms with E-state index in [1.807, 2.05) is 112 Å². The Kier molecular flexibility index (Phi) is 28.1. The molecule has 19 rings (SSSR count). The van der Waals surface area contributed by atoms with E-state index in [1.54, 1.807) is 163 Å². The topological polar surface area (TPSA) is 407 Å². The van der Waals surface area contributed by atoms with E-state index in [9.17, 15) is 57.0 Å². The minimum atomic E-state index is -4.21. The monoisotopic (exact) mass is 1920 g/mol. The van der Waals surface area contributed by atoms with Gasteiger partial charge in [-0.15, -0.1) is 0 Å². The number of imide groups is 1. The Morgan fingerprint density at radius 2 is 1.12 bits per heavy atom. The SMILES string of the molecule is CC(C)(C)c1ccc(SNC(=O)C(Oc2ccc3c(c2)C(=O)NC3=O)c2ccc3c(c2)OCO3)cc1.CCOc1ccc2c(c1)c(-c1ccc3c(c1)OCO3)c(C(=O)O)c(=O)n2Cc1ccccc1OC.COc1ccc(-c2c(C(=O)O)c(OCc3ccccc3OC)nc3c2oc2ccccc23)cc1.Cc1cc(C)c(=O)n(C(C(=O)NS(=O)(=O)c2ccc(C(C)C)cc2)c2ccc3c(c2)OCO3)n1. The van der Waals surface area contributed by atoms with Crippen molar-refractivity contribution in [1.82, 2.24) is 34.1 Å². The van der Waals surface area contributed by atoms with Crippen LogP contribution >= 0.6 is 11.9 Å². The maximum Gasteiger partial charge on any atom is 0.342 e. The van der Waals surface area contributed by atoms with Crippen LogP contribution in [0.5, 0.6) is 69.1 Å². The summed E-state index contributed by atoms with van der Waals surface area (Å²) >= 11 is 1.18. The normalized spacial score (nSPS) is 12.9. The van der Waals surface area contributed by atoms with E-state index in [0.29, 0.717) is 136 Å². The number of hydrogen-bond acceptors (Lipinski definition) is 26. The lowest BCUT2D eigenvalue weighted by molar-refractivity contribution is -0.126. The minimum absolute atomic E-state index is 0.00303. The number of nitrogens with one attached hydrogen (secondary N) is 3. The van der Waals surface area contributed by atoms with Crippen LogP contribution in [-0.4, -0.2) is 122 Å². The predicted molar refractivity (Wildman–Crippen MR) is 516 cm³/mol. The molecule has 710 valence electrons. The van der Waals surface area contributed by atoms with E-state index in [-0.39, 0.29) is 83.6 Å². The lowest BCUT2D eigenvalue weighted by atomic mass is 9.87. The van der Waals surface area contributed by atoms with Crippen LogP contribution < -0.4 is 82.7 Å². The predicted octanol–water partition coefficient (Wildman–Crippen LogP) is 17.8. The smallest absolute Gasteiger partial charge is 0.342 e. The molecule has 2 atom stereocenters. The zero-order valence-electron chi connectivity index (χ0n) is 77.0. The third-order valence-electron chi connectivity index (χ3n) is 23.0. The number of nitrogens with zero attached hydrogens (tertiary/aromatic N) is 4. The molecule has 0 saturated heterocycles. The number of rotatable bonds is 26. The van der Waals surface area contributed by atoms with Gasteiger partial charge in [0.25, 0.3) is 44.8 Å². The molecule has 0 aliphatic carbocycles. The zero-order chi connectivity index (χ0) is 98.3. The number of pyridine rings is 2. The zero-order valence-corrected chi connectivity index (χ0v) is 78.6. The number of para-hydroxylation sites is 3. The number of hydrogen-bond donors (Lipinski definition) is 5. The van der Waals surface area contributed by atoms with Crippen LogP contribution in [0.2, 0.25) is 0 Å². The molecule has 4 aliphatic rings. The fourth-order valence-corrected chi connectivity index (χ4v) is 17.6. The van der Waals surface area contributed by atoms with Crippen molar-refractivity contribution in [3.05, 3.63) is 330 Å². The number of furan rings is 1. The minimum Gasteiger partial charge on any atom is -0.497 e. The summed E-state index contributed by atoms with van der Waals surface area (Å²) in [7, 11) is 0.498. The van der Waals surface area contributed by atoms with E-state index in [2.05, 4.69) is 45.6 Å². The van der Waals surface area contributed by atoms with Gasteiger partial charge in [-0.1, -0.05) is 138 Å². The molecular weight excluding hydrogens is 1820 g/mol. The number of methoxy groups -OCH3 is 3. The fraction of sp³-hybridized carbons (Fsp3) is 0.200. The molecule has 5 N–H and O–H groups in total. The first-order valence-corrected chi connectivity index (χ1v) is 46.0. The lowest BCUT2D eigenvalue weighted by Crippen LogP contribution is -2.42. The highest BCUT2D eigenvalue weighted by Crippen LogP contribution is 2.45. The Hall–Kier alpha value is -16.6. The second-order valence-electron chi connectivity index (χ2n) is 33.4. The molecule has 0 saturated carbocycles. The van der Waals surface area contributed by atoms with Gasteiger partial charge < -0.3 is 76.0 Å². The molecule has 139 heavy (non-hydrogen) atoms. The molecule has 0 bridgehead atoms. The van der Waals surface area contributed by atoms with Crippen molar-refractivity contribution in [2.75, 3.05) is 48.3 Å². The molecule has 0 spiro atoms. The summed E-state index contributed by atoms with van der Waals surface area (Å²) in [5.74, 6) is 1.23. The van der Waals surface area contributed by atoms with Crippen LogP contribution in [0.1, 0.15) is 146 Å². The first kappa shape index (κ1) is 95.5. The first-order valence-electron chi connectivity index (χ1n) is 43.7. The number of aryl methyl sites for hydroxylation is 2. The van der Waals surface area contributed by atoms with Crippen LogP contribution in [0.15, 0.2) is 266 Å². The highest BCUT2D eigenvalue weighted by atomic mass is 32.2. The second-order valence-corrected chi connectivity index (χ2v) is 35.9. The molecule has 4 amide bonds. The van der Waals surface area contributed by atoms with E-state index >= 15 is 0 Å². The van der Waals surface area contributed by atoms with Crippen molar-refractivity contribution >= 4 is 90.5 Å². The van der Waals surface area contributed by atoms with Crippen molar-refractivity contribution in [1.29, 1.82) is 0 Å². The highest BCUT2D eigenvalue weighted by molar-refractivity contribution is 7.98. The number of carbonyl (C=O) groups is 6.